The maximum absolute atomic E-state index is 10.0. The van der Waals surface area contributed by atoms with Crippen LogP contribution in [-0.2, 0) is 0 Å². The molecule has 21 heavy (non-hydrogen) atoms. The number of halogens is 1. The molecule has 3 atom stereocenters. The number of hydrogen-bond donors (Lipinski definition) is 2. The van der Waals surface area contributed by atoms with Gasteiger partial charge in [0.05, 0.1) is 16.8 Å². The van der Waals surface area contributed by atoms with Gasteiger partial charge in [-0.05, 0) is 49.9 Å². The van der Waals surface area contributed by atoms with Crippen LogP contribution in [0.5, 0.6) is 0 Å². The molecule has 1 aliphatic rings. The van der Waals surface area contributed by atoms with Crippen molar-refractivity contribution in [2.24, 2.45) is 5.92 Å². The lowest BCUT2D eigenvalue weighted by atomic mass is 9.95. The van der Waals surface area contributed by atoms with Crippen molar-refractivity contribution in [2.45, 2.75) is 45.8 Å². The Bertz CT molecular complexity index is 466. The van der Waals surface area contributed by atoms with Gasteiger partial charge in [-0.25, -0.2) is 0 Å². The van der Waals surface area contributed by atoms with Crippen LogP contribution in [0.25, 0.3) is 0 Å². The highest BCUT2D eigenvalue weighted by Gasteiger charge is 2.25. The maximum Gasteiger partial charge on any atom is 0.0741 e. The molecule has 0 spiro atoms. The molecule has 3 nitrogen and oxygen atoms in total. The molecule has 0 amide bonds. The number of hydrogen-bond acceptors (Lipinski definition) is 3. The minimum absolute atomic E-state index is 0.264. The summed E-state index contributed by atoms with van der Waals surface area (Å²) in [6.45, 7) is 9.07. The van der Waals surface area contributed by atoms with E-state index >= 15 is 0 Å². The summed E-state index contributed by atoms with van der Waals surface area (Å²) in [7, 11) is 0. The highest BCUT2D eigenvalue weighted by Crippen LogP contribution is 2.32. The van der Waals surface area contributed by atoms with Gasteiger partial charge in [0.15, 0.2) is 0 Å². The van der Waals surface area contributed by atoms with Crippen LogP contribution in [0.15, 0.2) is 18.2 Å². The number of β-amino-alcohol motifs (C(OH)–C–C–N with tert-alkyl or cyclic N) is 1. The van der Waals surface area contributed by atoms with Gasteiger partial charge in [-0.2, -0.15) is 0 Å². The zero-order valence-corrected chi connectivity index (χ0v) is 14.0. The quantitative estimate of drug-likeness (QED) is 0.872. The monoisotopic (exact) mass is 310 g/mol. The van der Waals surface area contributed by atoms with Crippen LogP contribution in [0.4, 0.5) is 5.69 Å². The molecule has 1 aromatic rings. The highest BCUT2D eigenvalue weighted by molar-refractivity contribution is 6.33. The average molecular weight is 311 g/mol. The van der Waals surface area contributed by atoms with E-state index in [0.717, 1.165) is 36.6 Å². The predicted octanol–water partition coefficient (Wildman–Crippen LogP) is 3.61. The number of rotatable bonds is 5. The van der Waals surface area contributed by atoms with E-state index in [9.17, 15) is 5.11 Å². The van der Waals surface area contributed by atoms with Gasteiger partial charge in [0.2, 0.25) is 0 Å². The fraction of sp³-hybridized carbons (Fsp3) is 0.647. The second-order valence-corrected chi connectivity index (χ2v) is 6.57. The Hall–Kier alpha value is -0.770. The Morgan fingerprint density at radius 3 is 2.86 bits per heavy atom. The van der Waals surface area contributed by atoms with E-state index in [2.05, 4.69) is 49.2 Å². The Balaban J connectivity index is 2.08. The van der Waals surface area contributed by atoms with Crippen LogP contribution in [0.1, 0.15) is 45.2 Å². The number of piperidine rings is 1. The molecule has 1 fully saturated rings. The van der Waals surface area contributed by atoms with Crippen LogP contribution in [0.3, 0.4) is 0 Å². The van der Waals surface area contributed by atoms with Crippen molar-refractivity contribution in [1.82, 2.24) is 5.32 Å². The molecule has 0 aromatic heterocycles. The summed E-state index contributed by atoms with van der Waals surface area (Å²) in [6, 6.07) is 6.58. The fourth-order valence-corrected chi connectivity index (χ4v) is 3.10. The summed E-state index contributed by atoms with van der Waals surface area (Å²) < 4.78 is 0. The smallest absolute Gasteiger partial charge is 0.0741 e. The van der Waals surface area contributed by atoms with E-state index < -0.39 is 0 Å². The summed E-state index contributed by atoms with van der Waals surface area (Å²) in [5.74, 6) is 0.373. The molecular formula is C17H27ClN2O. The lowest BCUT2D eigenvalue weighted by Gasteiger charge is -2.36. The molecule has 2 N–H and O–H groups in total. The van der Waals surface area contributed by atoms with Crippen LogP contribution in [0, 0.1) is 5.92 Å². The van der Waals surface area contributed by atoms with Crippen LogP contribution in [-0.4, -0.2) is 30.8 Å². The SMILES string of the molecule is CCCNC(C)c1ccc(N2CCC(C)C(O)C2)c(Cl)c1. The first-order valence-electron chi connectivity index (χ1n) is 7.98. The molecule has 0 radical (unpaired) electrons. The van der Waals surface area contributed by atoms with Gasteiger partial charge in [-0.1, -0.05) is 31.5 Å². The number of anilines is 1. The zero-order chi connectivity index (χ0) is 15.4. The van der Waals surface area contributed by atoms with Crippen molar-refractivity contribution < 1.29 is 5.11 Å². The van der Waals surface area contributed by atoms with E-state index in [1.165, 1.54) is 5.56 Å². The van der Waals surface area contributed by atoms with Crippen LogP contribution < -0.4 is 10.2 Å². The van der Waals surface area contributed by atoms with Gasteiger partial charge in [0.1, 0.15) is 0 Å². The molecular weight excluding hydrogens is 284 g/mol. The summed E-state index contributed by atoms with van der Waals surface area (Å²) in [5, 5.41) is 14.3. The van der Waals surface area contributed by atoms with E-state index in [1.807, 2.05) is 0 Å². The molecule has 3 unspecified atom stereocenters. The molecule has 1 saturated heterocycles. The molecule has 0 saturated carbocycles. The summed E-state index contributed by atoms with van der Waals surface area (Å²) in [6.07, 6.45) is 1.87. The van der Waals surface area contributed by atoms with Crippen molar-refractivity contribution in [2.75, 3.05) is 24.5 Å². The first-order valence-corrected chi connectivity index (χ1v) is 8.36. The summed E-state index contributed by atoms with van der Waals surface area (Å²) in [4.78, 5) is 2.20. The van der Waals surface area contributed by atoms with Crippen molar-refractivity contribution >= 4 is 17.3 Å². The molecule has 0 aliphatic carbocycles. The Labute approximate surface area is 133 Å². The number of aliphatic hydroxyl groups is 1. The van der Waals surface area contributed by atoms with Gasteiger partial charge in [-0.15, -0.1) is 0 Å². The number of benzene rings is 1. The lowest BCUT2D eigenvalue weighted by molar-refractivity contribution is 0.103. The molecule has 1 aliphatic heterocycles. The number of nitrogens with one attached hydrogen (secondary N) is 1. The minimum Gasteiger partial charge on any atom is -0.391 e. The average Bonchev–Trinajstić information content (AvgIpc) is 2.47. The molecule has 2 rings (SSSR count). The van der Waals surface area contributed by atoms with Crippen LogP contribution >= 0.6 is 11.6 Å². The highest BCUT2D eigenvalue weighted by atomic mass is 35.5. The van der Waals surface area contributed by atoms with Crippen molar-refractivity contribution in [1.29, 1.82) is 0 Å². The Kier molecular flexibility index (Phi) is 5.91. The summed E-state index contributed by atoms with van der Waals surface area (Å²) >= 11 is 6.47. The minimum atomic E-state index is -0.264. The largest absolute Gasteiger partial charge is 0.391 e. The maximum atomic E-state index is 10.0. The van der Waals surface area contributed by atoms with Gasteiger partial charge < -0.3 is 15.3 Å². The van der Waals surface area contributed by atoms with Gasteiger partial charge in [-0.3, -0.25) is 0 Å². The predicted molar refractivity (Wildman–Crippen MR) is 90.2 cm³/mol. The van der Waals surface area contributed by atoms with Gasteiger partial charge in [0, 0.05) is 19.1 Å². The van der Waals surface area contributed by atoms with Gasteiger partial charge >= 0.3 is 0 Å². The zero-order valence-electron chi connectivity index (χ0n) is 13.3. The van der Waals surface area contributed by atoms with E-state index in [0.29, 0.717) is 18.5 Å². The Morgan fingerprint density at radius 1 is 1.48 bits per heavy atom. The third-order valence-corrected chi connectivity index (χ3v) is 4.73. The third kappa shape index (κ3) is 4.12. The first kappa shape index (κ1) is 16.6. The normalized spacial score (nSPS) is 24.1. The third-order valence-electron chi connectivity index (χ3n) is 4.43. The molecule has 1 aromatic carbocycles. The number of aliphatic hydroxyl groups excluding tert-OH is 1. The second-order valence-electron chi connectivity index (χ2n) is 6.17. The van der Waals surface area contributed by atoms with E-state index in [1.54, 1.807) is 0 Å². The molecule has 1 heterocycles. The van der Waals surface area contributed by atoms with Crippen molar-refractivity contribution in [3.05, 3.63) is 28.8 Å². The number of nitrogens with zero attached hydrogens (tertiary/aromatic N) is 1. The Morgan fingerprint density at radius 2 is 2.24 bits per heavy atom. The summed E-state index contributed by atoms with van der Waals surface area (Å²) in [5.41, 5.74) is 2.25. The standard InChI is InChI=1S/C17H27ClN2O/c1-4-8-19-13(3)14-5-6-16(15(18)10-14)20-9-7-12(2)17(21)11-20/h5-6,10,12-13,17,19,21H,4,7-9,11H2,1-3H3. The van der Waals surface area contributed by atoms with Crippen molar-refractivity contribution in [3.63, 3.8) is 0 Å². The topological polar surface area (TPSA) is 35.5 Å². The first-order chi connectivity index (χ1) is 10.0. The van der Waals surface area contributed by atoms with Crippen molar-refractivity contribution in [3.8, 4) is 0 Å². The van der Waals surface area contributed by atoms with Gasteiger partial charge in [0.25, 0.3) is 0 Å². The van der Waals surface area contributed by atoms with E-state index in [-0.39, 0.29) is 6.10 Å². The second kappa shape index (κ2) is 7.48. The van der Waals surface area contributed by atoms with Crippen LogP contribution in [0.2, 0.25) is 5.02 Å². The molecule has 4 heteroatoms. The van der Waals surface area contributed by atoms with E-state index in [4.69, 9.17) is 11.6 Å². The lowest BCUT2D eigenvalue weighted by Crippen LogP contribution is -2.43. The fourth-order valence-electron chi connectivity index (χ4n) is 2.80. The molecule has 0 bridgehead atoms. The molecule has 118 valence electrons.